The van der Waals surface area contributed by atoms with Crippen LogP contribution in [-0.2, 0) is 9.53 Å². The second-order valence-electron chi connectivity index (χ2n) is 4.30. The van der Waals surface area contributed by atoms with Gasteiger partial charge in [-0.15, -0.1) is 11.3 Å². The van der Waals surface area contributed by atoms with Crippen molar-refractivity contribution < 1.29 is 14.3 Å². The highest BCUT2D eigenvalue weighted by atomic mass is 32.1. The molecule has 0 unspecified atom stereocenters. The van der Waals surface area contributed by atoms with Gasteiger partial charge in [-0.05, 0) is 26.7 Å². The van der Waals surface area contributed by atoms with Crippen LogP contribution >= 0.6 is 11.3 Å². The van der Waals surface area contributed by atoms with Crippen LogP contribution in [0.1, 0.15) is 47.1 Å². The molecule has 1 aromatic heterocycles. The van der Waals surface area contributed by atoms with Crippen LogP contribution in [0.2, 0.25) is 0 Å². The van der Waals surface area contributed by atoms with Crippen molar-refractivity contribution in [2.45, 2.75) is 46.6 Å². The average molecular weight is 284 g/mol. The summed E-state index contributed by atoms with van der Waals surface area (Å²) in [6.07, 6.45) is 1.73. The van der Waals surface area contributed by atoms with Crippen molar-refractivity contribution in [1.82, 2.24) is 10.3 Å². The summed E-state index contributed by atoms with van der Waals surface area (Å²) < 4.78 is 4.99. The Bertz CT molecular complexity index is 453. The molecule has 0 aromatic carbocycles. The Morgan fingerprint density at radius 2 is 1.95 bits per heavy atom. The number of nitrogens with one attached hydrogen (secondary N) is 1. The lowest BCUT2D eigenvalue weighted by Crippen LogP contribution is -2.36. The van der Waals surface area contributed by atoms with Crippen molar-refractivity contribution >= 4 is 23.2 Å². The molecule has 0 bridgehead atoms. The van der Waals surface area contributed by atoms with Gasteiger partial charge in [-0.2, -0.15) is 0 Å². The number of carbonyl (C=O) groups excluding carboxylic acids is 2. The second kappa shape index (κ2) is 7.23. The van der Waals surface area contributed by atoms with Crippen LogP contribution in [0.3, 0.4) is 0 Å². The van der Waals surface area contributed by atoms with Crippen LogP contribution in [-0.4, -0.2) is 29.5 Å². The fourth-order valence-electron chi connectivity index (χ4n) is 1.68. The van der Waals surface area contributed by atoms with E-state index in [1.54, 1.807) is 6.92 Å². The lowest BCUT2D eigenvalue weighted by molar-refractivity contribution is -0.125. The molecule has 6 heteroatoms. The van der Waals surface area contributed by atoms with Crippen molar-refractivity contribution in [2.75, 3.05) is 6.61 Å². The number of amides is 1. The normalized spacial score (nSPS) is 10.6. The van der Waals surface area contributed by atoms with Crippen LogP contribution < -0.4 is 5.32 Å². The van der Waals surface area contributed by atoms with Crippen molar-refractivity contribution in [1.29, 1.82) is 0 Å². The zero-order chi connectivity index (χ0) is 14.4. The minimum absolute atomic E-state index is 0.138. The number of nitrogens with zero attached hydrogens (tertiary/aromatic N) is 1. The van der Waals surface area contributed by atoms with Gasteiger partial charge in [0.15, 0.2) is 6.61 Å². The standard InChI is InChI=1S/C13H20N2O3S/c1-5-10(6-2)15-11(16)7-18-13(17)12-8(3)14-9(4)19-12/h10H,5-7H2,1-4H3,(H,15,16). The molecule has 0 aliphatic heterocycles. The van der Waals surface area contributed by atoms with Crippen LogP contribution in [0.25, 0.3) is 0 Å². The van der Waals surface area contributed by atoms with E-state index < -0.39 is 5.97 Å². The quantitative estimate of drug-likeness (QED) is 0.813. The Hall–Kier alpha value is -1.43. The maximum Gasteiger partial charge on any atom is 0.350 e. The monoisotopic (exact) mass is 284 g/mol. The van der Waals surface area contributed by atoms with E-state index in [-0.39, 0.29) is 18.6 Å². The van der Waals surface area contributed by atoms with Crippen molar-refractivity contribution in [3.05, 3.63) is 15.6 Å². The maximum atomic E-state index is 11.8. The average Bonchev–Trinajstić information content (AvgIpc) is 2.72. The maximum absolute atomic E-state index is 11.8. The van der Waals surface area contributed by atoms with Crippen LogP contribution in [0.4, 0.5) is 0 Å². The van der Waals surface area contributed by atoms with Gasteiger partial charge < -0.3 is 10.1 Å². The molecule has 0 saturated heterocycles. The molecule has 1 amide bonds. The molecule has 1 rings (SSSR count). The lowest BCUT2D eigenvalue weighted by Gasteiger charge is -2.14. The fraction of sp³-hybridized carbons (Fsp3) is 0.615. The Kier molecular flexibility index (Phi) is 5.95. The summed E-state index contributed by atoms with van der Waals surface area (Å²) in [6.45, 7) is 7.35. The predicted octanol–water partition coefficient (Wildman–Crippen LogP) is 2.22. The predicted molar refractivity (Wildman–Crippen MR) is 74.4 cm³/mol. The Labute approximate surface area is 117 Å². The third-order valence-corrected chi connectivity index (χ3v) is 3.83. The van der Waals surface area contributed by atoms with Gasteiger partial charge in [-0.1, -0.05) is 13.8 Å². The first-order chi connectivity index (χ1) is 8.97. The summed E-state index contributed by atoms with van der Waals surface area (Å²) >= 11 is 1.28. The molecule has 0 saturated carbocycles. The molecule has 1 aromatic rings. The minimum atomic E-state index is -0.484. The molecule has 1 heterocycles. The molecule has 0 aliphatic rings. The first kappa shape index (κ1) is 15.6. The highest BCUT2D eigenvalue weighted by Crippen LogP contribution is 2.17. The SMILES string of the molecule is CCC(CC)NC(=O)COC(=O)c1sc(C)nc1C. The third kappa shape index (κ3) is 4.63. The molecule has 1 N–H and O–H groups in total. The Balaban J connectivity index is 2.46. The summed E-state index contributed by atoms with van der Waals surface area (Å²) in [7, 11) is 0. The molecular weight excluding hydrogens is 264 g/mol. The minimum Gasteiger partial charge on any atom is -0.451 e. The van der Waals surface area contributed by atoms with Gasteiger partial charge in [0, 0.05) is 6.04 Å². The van der Waals surface area contributed by atoms with E-state index in [9.17, 15) is 9.59 Å². The van der Waals surface area contributed by atoms with Crippen molar-refractivity contribution in [2.24, 2.45) is 0 Å². The van der Waals surface area contributed by atoms with E-state index in [4.69, 9.17) is 4.74 Å². The molecule has 0 atom stereocenters. The van der Waals surface area contributed by atoms with E-state index >= 15 is 0 Å². The van der Waals surface area contributed by atoms with Crippen LogP contribution in [0.5, 0.6) is 0 Å². The second-order valence-corrected chi connectivity index (χ2v) is 5.51. The third-order valence-electron chi connectivity index (χ3n) is 2.77. The van der Waals surface area contributed by atoms with Gasteiger partial charge in [-0.25, -0.2) is 9.78 Å². The van der Waals surface area contributed by atoms with Crippen LogP contribution in [0.15, 0.2) is 0 Å². The highest BCUT2D eigenvalue weighted by molar-refractivity contribution is 7.13. The summed E-state index contributed by atoms with van der Waals surface area (Å²) in [5.74, 6) is -0.747. The summed E-state index contributed by atoms with van der Waals surface area (Å²) in [6, 6.07) is 0.138. The summed E-state index contributed by atoms with van der Waals surface area (Å²) in [5, 5.41) is 3.63. The molecule has 106 valence electrons. The first-order valence-electron chi connectivity index (χ1n) is 6.38. The summed E-state index contributed by atoms with van der Waals surface area (Å²) in [4.78, 5) is 28.0. The van der Waals surface area contributed by atoms with Crippen LogP contribution in [0, 0.1) is 13.8 Å². The molecule has 0 spiro atoms. The smallest absolute Gasteiger partial charge is 0.350 e. The number of ether oxygens (including phenoxy) is 1. The number of rotatable bonds is 6. The molecule has 0 radical (unpaired) electrons. The van der Waals surface area contributed by atoms with E-state index in [2.05, 4.69) is 10.3 Å². The van der Waals surface area contributed by atoms with Gasteiger partial charge in [0.1, 0.15) is 4.88 Å². The first-order valence-corrected chi connectivity index (χ1v) is 7.20. The lowest BCUT2D eigenvalue weighted by atomic mass is 10.2. The number of aromatic nitrogens is 1. The number of thiazole rings is 1. The largest absolute Gasteiger partial charge is 0.451 e. The van der Waals surface area contributed by atoms with E-state index in [0.717, 1.165) is 17.8 Å². The van der Waals surface area contributed by atoms with Gasteiger partial charge in [0.25, 0.3) is 5.91 Å². The van der Waals surface area contributed by atoms with Crippen molar-refractivity contribution in [3.63, 3.8) is 0 Å². The molecular formula is C13H20N2O3S. The van der Waals surface area contributed by atoms with E-state index in [0.29, 0.717) is 10.6 Å². The van der Waals surface area contributed by atoms with Gasteiger partial charge in [0.05, 0.1) is 10.7 Å². The van der Waals surface area contributed by atoms with Gasteiger partial charge in [-0.3, -0.25) is 4.79 Å². The number of esters is 1. The molecule has 5 nitrogen and oxygen atoms in total. The Morgan fingerprint density at radius 1 is 1.32 bits per heavy atom. The summed E-state index contributed by atoms with van der Waals surface area (Å²) in [5.41, 5.74) is 0.646. The zero-order valence-electron chi connectivity index (χ0n) is 11.8. The number of carbonyl (C=O) groups is 2. The van der Waals surface area contributed by atoms with E-state index in [1.807, 2.05) is 20.8 Å². The number of hydrogen-bond donors (Lipinski definition) is 1. The van der Waals surface area contributed by atoms with Crippen molar-refractivity contribution in [3.8, 4) is 0 Å². The fourth-order valence-corrected chi connectivity index (χ4v) is 2.49. The van der Waals surface area contributed by atoms with Gasteiger partial charge in [0.2, 0.25) is 0 Å². The topological polar surface area (TPSA) is 68.3 Å². The number of aryl methyl sites for hydroxylation is 2. The van der Waals surface area contributed by atoms with E-state index in [1.165, 1.54) is 11.3 Å². The number of hydrogen-bond acceptors (Lipinski definition) is 5. The zero-order valence-corrected chi connectivity index (χ0v) is 12.6. The van der Waals surface area contributed by atoms with Gasteiger partial charge >= 0.3 is 5.97 Å². The highest BCUT2D eigenvalue weighted by Gasteiger charge is 2.17. The molecule has 19 heavy (non-hydrogen) atoms. The molecule has 0 fully saturated rings. The Morgan fingerprint density at radius 3 is 2.42 bits per heavy atom. The molecule has 0 aliphatic carbocycles.